The van der Waals surface area contributed by atoms with Crippen molar-refractivity contribution in [3.05, 3.63) is 96.2 Å². The van der Waals surface area contributed by atoms with Crippen molar-refractivity contribution in [1.29, 1.82) is 0 Å². The topological polar surface area (TPSA) is 61.6 Å². The van der Waals surface area contributed by atoms with Crippen molar-refractivity contribution in [2.24, 2.45) is 0 Å². The smallest absolute Gasteiger partial charge is 0.374 e. The second kappa shape index (κ2) is 7.74. The fourth-order valence-electron chi connectivity index (χ4n) is 2.68. The summed E-state index contributed by atoms with van der Waals surface area (Å²) in [6, 6.07) is 20.9. The fourth-order valence-corrected chi connectivity index (χ4v) is 2.68. The van der Waals surface area contributed by atoms with Crippen molar-refractivity contribution in [1.82, 2.24) is 4.98 Å². The van der Waals surface area contributed by atoms with Crippen molar-refractivity contribution in [3.8, 4) is 5.75 Å². The van der Waals surface area contributed by atoms with E-state index in [2.05, 4.69) is 11.1 Å². The molecule has 0 saturated heterocycles. The van der Waals surface area contributed by atoms with Gasteiger partial charge in [-0.15, -0.1) is 0 Å². The van der Waals surface area contributed by atoms with Crippen LogP contribution in [0.3, 0.4) is 0 Å². The second-order valence-electron chi connectivity index (χ2n) is 6.00. The van der Waals surface area contributed by atoms with Gasteiger partial charge >= 0.3 is 5.97 Å². The van der Waals surface area contributed by atoms with E-state index in [-0.39, 0.29) is 19.0 Å². The van der Waals surface area contributed by atoms with Crippen LogP contribution in [0, 0.1) is 0 Å². The molecule has 0 N–H and O–H groups in total. The zero-order valence-electron chi connectivity index (χ0n) is 14.5. The molecule has 27 heavy (non-hydrogen) atoms. The summed E-state index contributed by atoms with van der Waals surface area (Å²) in [6.45, 7) is 0.379. The minimum atomic E-state index is -0.518. The number of fused-ring (bicyclic) bond motifs is 1. The van der Waals surface area contributed by atoms with Crippen LogP contribution in [0.25, 0.3) is 10.8 Å². The van der Waals surface area contributed by atoms with E-state index in [4.69, 9.17) is 13.9 Å². The third-order valence-corrected chi connectivity index (χ3v) is 4.06. The molecule has 5 heteroatoms. The van der Waals surface area contributed by atoms with Gasteiger partial charge in [-0.25, -0.2) is 4.79 Å². The lowest BCUT2D eigenvalue weighted by atomic mass is 10.1. The van der Waals surface area contributed by atoms with Crippen molar-refractivity contribution in [3.63, 3.8) is 0 Å². The molecule has 0 unspecified atom stereocenters. The maximum absolute atomic E-state index is 12.1. The van der Waals surface area contributed by atoms with Crippen molar-refractivity contribution in [2.45, 2.75) is 13.2 Å². The number of carbonyl (C=O) groups is 1. The summed E-state index contributed by atoms with van der Waals surface area (Å²) in [6.07, 6.45) is 3.32. The summed E-state index contributed by atoms with van der Waals surface area (Å²) in [5.41, 5.74) is 0.817. The first-order valence-electron chi connectivity index (χ1n) is 8.54. The first-order chi connectivity index (χ1) is 13.3. The van der Waals surface area contributed by atoms with Gasteiger partial charge in [0.05, 0.1) is 0 Å². The summed E-state index contributed by atoms with van der Waals surface area (Å²) >= 11 is 0. The molecule has 4 aromatic rings. The molecule has 0 fully saturated rings. The highest BCUT2D eigenvalue weighted by molar-refractivity contribution is 5.86. The lowest BCUT2D eigenvalue weighted by Gasteiger charge is -2.06. The zero-order valence-corrected chi connectivity index (χ0v) is 14.5. The molecule has 134 valence electrons. The molecule has 0 saturated carbocycles. The van der Waals surface area contributed by atoms with Gasteiger partial charge in [-0.2, -0.15) is 0 Å². The van der Waals surface area contributed by atoms with Gasteiger partial charge in [0.25, 0.3) is 0 Å². The summed E-state index contributed by atoms with van der Waals surface area (Å²) < 4.78 is 16.5. The highest BCUT2D eigenvalue weighted by Gasteiger charge is 2.13. The van der Waals surface area contributed by atoms with E-state index in [1.165, 1.54) is 0 Å². The van der Waals surface area contributed by atoms with E-state index < -0.39 is 5.97 Å². The second-order valence-corrected chi connectivity index (χ2v) is 6.00. The molecule has 0 aliphatic carbocycles. The van der Waals surface area contributed by atoms with E-state index in [0.29, 0.717) is 5.76 Å². The Kier molecular flexibility index (Phi) is 4.83. The van der Waals surface area contributed by atoms with Crippen LogP contribution in [0.5, 0.6) is 5.75 Å². The van der Waals surface area contributed by atoms with E-state index >= 15 is 0 Å². The molecule has 0 aliphatic rings. The molecule has 2 aromatic carbocycles. The Labute approximate surface area is 156 Å². The highest BCUT2D eigenvalue weighted by Crippen LogP contribution is 2.22. The van der Waals surface area contributed by atoms with Gasteiger partial charge in [-0.05, 0) is 41.1 Å². The minimum Gasteiger partial charge on any atom is -0.486 e. The average molecular weight is 359 g/mol. The van der Waals surface area contributed by atoms with Crippen molar-refractivity contribution < 1.29 is 18.7 Å². The number of carbonyl (C=O) groups excluding carboxylic acids is 1. The first-order valence-corrected chi connectivity index (χ1v) is 8.54. The average Bonchev–Trinajstić information content (AvgIpc) is 3.20. The van der Waals surface area contributed by atoms with Gasteiger partial charge in [0.1, 0.15) is 24.7 Å². The predicted octanol–water partition coefficient (Wildman–Crippen LogP) is 4.76. The number of esters is 1. The van der Waals surface area contributed by atoms with Gasteiger partial charge in [0.2, 0.25) is 5.76 Å². The van der Waals surface area contributed by atoms with Gasteiger partial charge in [-0.1, -0.05) is 36.4 Å². The molecule has 0 spiro atoms. The summed E-state index contributed by atoms with van der Waals surface area (Å²) in [7, 11) is 0. The summed E-state index contributed by atoms with van der Waals surface area (Å²) in [4.78, 5) is 16.1. The standard InChI is InChI=1S/C22H17NO4/c24-22(26-14-16-4-3-11-23-13-16)21-10-9-20(27-21)15-25-19-8-7-17-5-1-2-6-18(17)12-19/h1-13H,14-15H2. The Hall–Kier alpha value is -3.60. The van der Waals surface area contributed by atoms with Crippen LogP contribution in [0.1, 0.15) is 21.9 Å². The normalized spacial score (nSPS) is 10.7. The molecule has 0 radical (unpaired) electrons. The lowest BCUT2D eigenvalue weighted by Crippen LogP contribution is -2.04. The minimum absolute atomic E-state index is 0.149. The molecule has 2 heterocycles. The molecule has 2 aromatic heterocycles. The number of benzene rings is 2. The summed E-state index contributed by atoms with van der Waals surface area (Å²) in [5.74, 6) is 0.925. The number of hydrogen-bond donors (Lipinski definition) is 0. The first kappa shape index (κ1) is 16.8. The monoisotopic (exact) mass is 359 g/mol. The number of furan rings is 1. The van der Waals surface area contributed by atoms with Gasteiger partial charge < -0.3 is 13.9 Å². The van der Waals surface area contributed by atoms with Crippen LogP contribution in [0.2, 0.25) is 0 Å². The third kappa shape index (κ3) is 4.15. The van der Waals surface area contributed by atoms with E-state index in [9.17, 15) is 4.79 Å². The fraction of sp³-hybridized carbons (Fsp3) is 0.0909. The molecule has 4 rings (SSSR count). The van der Waals surface area contributed by atoms with Crippen LogP contribution in [0.4, 0.5) is 0 Å². The van der Waals surface area contributed by atoms with E-state index in [0.717, 1.165) is 22.1 Å². The number of nitrogens with zero attached hydrogens (tertiary/aromatic N) is 1. The SMILES string of the molecule is O=C(OCc1cccnc1)c1ccc(COc2ccc3ccccc3c2)o1. The molecular weight excluding hydrogens is 342 g/mol. The van der Waals surface area contributed by atoms with Gasteiger partial charge in [-0.3, -0.25) is 4.98 Å². The molecule has 5 nitrogen and oxygen atoms in total. The lowest BCUT2D eigenvalue weighted by molar-refractivity contribution is 0.0432. The van der Waals surface area contributed by atoms with Crippen LogP contribution in [-0.4, -0.2) is 11.0 Å². The third-order valence-electron chi connectivity index (χ3n) is 4.06. The van der Waals surface area contributed by atoms with Crippen LogP contribution in [-0.2, 0) is 18.0 Å². The number of ether oxygens (including phenoxy) is 2. The molecular formula is C22H17NO4. The number of aromatic nitrogens is 1. The Morgan fingerprint density at radius 3 is 2.67 bits per heavy atom. The quantitative estimate of drug-likeness (QED) is 0.464. The maximum Gasteiger partial charge on any atom is 0.374 e. The summed E-state index contributed by atoms with van der Waals surface area (Å²) in [5, 5.41) is 2.26. The number of hydrogen-bond acceptors (Lipinski definition) is 5. The van der Waals surface area contributed by atoms with Gasteiger partial charge in [0, 0.05) is 18.0 Å². The molecule has 0 atom stereocenters. The van der Waals surface area contributed by atoms with Crippen LogP contribution in [0.15, 0.2) is 83.5 Å². The maximum atomic E-state index is 12.1. The largest absolute Gasteiger partial charge is 0.486 e. The highest BCUT2D eigenvalue weighted by atomic mass is 16.5. The Balaban J connectivity index is 1.35. The number of rotatable bonds is 6. The van der Waals surface area contributed by atoms with E-state index in [1.54, 1.807) is 30.6 Å². The molecule has 0 aliphatic heterocycles. The van der Waals surface area contributed by atoms with Crippen LogP contribution < -0.4 is 4.74 Å². The molecule has 0 bridgehead atoms. The Morgan fingerprint density at radius 1 is 0.926 bits per heavy atom. The zero-order chi connectivity index (χ0) is 18.5. The predicted molar refractivity (Wildman–Crippen MR) is 100 cm³/mol. The van der Waals surface area contributed by atoms with Crippen molar-refractivity contribution >= 4 is 16.7 Å². The van der Waals surface area contributed by atoms with Crippen molar-refractivity contribution in [2.75, 3.05) is 0 Å². The van der Waals surface area contributed by atoms with E-state index in [1.807, 2.05) is 42.5 Å². The molecule has 0 amide bonds. The van der Waals surface area contributed by atoms with Gasteiger partial charge in [0.15, 0.2) is 0 Å². The Bertz CT molecular complexity index is 1060. The number of pyridine rings is 1. The van der Waals surface area contributed by atoms with Crippen LogP contribution >= 0.6 is 0 Å². The Morgan fingerprint density at radius 2 is 1.81 bits per heavy atom.